The molecule has 0 unspecified atom stereocenters. The molecule has 1 aromatic heterocycles. The van der Waals surface area contributed by atoms with Gasteiger partial charge in [0.2, 0.25) is 0 Å². The van der Waals surface area contributed by atoms with Crippen LogP contribution in [0, 0.1) is 0 Å². The summed E-state index contributed by atoms with van der Waals surface area (Å²) in [6.07, 6.45) is 1.88. The fourth-order valence-corrected chi connectivity index (χ4v) is 2.94. The van der Waals surface area contributed by atoms with E-state index in [9.17, 15) is 0 Å². The molecular formula is C15H18N2O2S. The Hall–Kier alpha value is -1.43. The molecule has 0 bridgehead atoms. The number of benzene rings is 1. The van der Waals surface area contributed by atoms with E-state index in [2.05, 4.69) is 22.0 Å². The molecule has 4 nitrogen and oxygen atoms in total. The first-order valence-electron chi connectivity index (χ1n) is 6.86. The third-order valence-electron chi connectivity index (χ3n) is 3.28. The lowest BCUT2D eigenvalue weighted by molar-refractivity contribution is 0.0322. The molecule has 0 saturated carbocycles. The van der Waals surface area contributed by atoms with Crippen LogP contribution in [0.15, 0.2) is 36.5 Å². The van der Waals surface area contributed by atoms with Crippen LogP contribution in [0.25, 0.3) is 10.4 Å². The maximum atomic E-state index is 5.74. The van der Waals surface area contributed by atoms with E-state index in [1.165, 1.54) is 5.56 Å². The molecule has 0 amide bonds. The zero-order valence-electron chi connectivity index (χ0n) is 11.3. The van der Waals surface area contributed by atoms with E-state index < -0.39 is 0 Å². The molecule has 0 radical (unpaired) electrons. The number of hydrogen-bond donors (Lipinski definition) is 0. The lowest BCUT2D eigenvalue weighted by Gasteiger charge is -2.26. The average Bonchev–Trinajstić information content (AvgIpc) is 2.98. The van der Waals surface area contributed by atoms with E-state index in [0.29, 0.717) is 6.61 Å². The molecule has 5 heteroatoms. The summed E-state index contributed by atoms with van der Waals surface area (Å²) in [5.74, 6) is 0. The summed E-state index contributed by atoms with van der Waals surface area (Å²) >= 11 is 1.60. The van der Waals surface area contributed by atoms with Crippen LogP contribution in [0.4, 0.5) is 0 Å². The van der Waals surface area contributed by atoms with Crippen molar-refractivity contribution in [3.8, 4) is 15.6 Å². The number of aromatic nitrogens is 1. The number of rotatable bonds is 5. The molecule has 0 atom stereocenters. The minimum Gasteiger partial charge on any atom is -0.469 e. The SMILES string of the molecule is c1ccc(-c2cnc(OCCN3CCOCC3)s2)cc1. The Morgan fingerprint density at radius 3 is 2.80 bits per heavy atom. The highest BCUT2D eigenvalue weighted by atomic mass is 32.1. The molecule has 0 N–H and O–H groups in total. The van der Waals surface area contributed by atoms with E-state index in [4.69, 9.17) is 9.47 Å². The van der Waals surface area contributed by atoms with Crippen LogP contribution in [-0.2, 0) is 4.74 Å². The monoisotopic (exact) mass is 290 g/mol. The van der Waals surface area contributed by atoms with E-state index in [1.54, 1.807) is 11.3 Å². The Bertz CT molecular complexity index is 524. The highest BCUT2D eigenvalue weighted by molar-refractivity contribution is 7.16. The zero-order valence-corrected chi connectivity index (χ0v) is 12.1. The van der Waals surface area contributed by atoms with Crippen LogP contribution in [0.1, 0.15) is 0 Å². The first-order chi connectivity index (χ1) is 9.92. The second-order valence-electron chi connectivity index (χ2n) is 4.66. The molecule has 106 valence electrons. The smallest absolute Gasteiger partial charge is 0.273 e. The summed E-state index contributed by atoms with van der Waals surface area (Å²) < 4.78 is 11.1. The number of thiazole rings is 1. The zero-order chi connectivity index (χ0) is 13.6. The van der Waals surface area contributed by atoms with Gasteiger partial charge < -0.3 is 9.47 Å². The maximum absolute atomic E-state index is 5.74. The Morgan fingerprint density at radius 2 is 2.00 bits per heavy atom. The first-order valence-corrected chi connectivity index (χ1v) is 7.67. The Labute approximate surface area is 123 Å². The number of nitrogens with zero attached hydrogens (tertiary/aromatic N) is 2. The first kappa shape index (κ1) is 13.5. The Kier molecular flexibility index (Phi) is 4.63. The summed E-state index contributed by atoms with van der Waals surface area (Å²) in [5, 5.41) is 0.747. The molecule has 0 spiro atoms. The van der Waals surface area contributed by atoms with E-state index in [-0.39, 0.29) is 0 Å². The molecule has 1 saturated heterocycles. The minimum atomic E-state index is 0.682. The van der Waals surface area contributed by atoms with Gasteiger partial charge in [-0.3, -0.25) is 4.90 Å². The van der Waals surface area contributed by atoms with Gasteiger partial charge in [-0.15, -0.1) is 0 Å². The normalized spacial score (nSPS) is 16.2. The summed E-state index contributed by atoms with van der Waals surface area (Å²) in [7, 11) is 0. The number of morpholine rings is 1. The third kappa shape index (κ3) is 3.56. The molecule has 20 heavy (non-hydrogen) atoms. The molecule has 1 fully saturated rings. The van der Waals surface area contributed by atoms with Crippen LogP contribution < -0.4 is 4.74 Å². The quantitative estimate of drug-likeness (QED) is 0.847. The Balaban J connectivity index is 1.50. The van der Waals surface area contributed by atoms with Crippen LogP contribution >= 0.6 is 11.3 Å². The van der Waals surface area contributed by atoms with Gasteiger partial charge in [-0.25, -0.2) is 4.98 Å². The summed E-state index contributed by atoms with van der Waals surface area (Å²) in [5.41, 5.74) is 1.19. The molecule has 1 aliphatic heterocycles. The van der Waals surface area contributed by atoms with Crippen LogP contribution in [0.2, 0.25) is 0 Å². The lowest BCUT2D eigenvalue weighted by Crippen LogP contribution is -2.38. The fourth-order valence-electron chi connectivity index (χ4n) is 2.15. The molecule has 2 aromatic rings. The van der Waals surface area contributed by atoms with Crippen molar-refractivity contribution in [1.82, 2.24) is 9.88 Å². The second-order valence-corrected chi connectivity index (χ2v) is 5.65. The highest BCUT2D eigenvalue weighted by Crippen LogP contribution is 2.29. The van der Waals surface area contributed by atoms with Crippen molar-refractivity contribution in [3.63, 3.8) is 0 Å². The fraction of sp³-hybridized carbons (Fsp3) is 0.400. The average molecular weight is 290 g/mol. The minimum absolute atomic E-state index is 0.682. The largest absolute Gasteiger partial charge is 0.469 e. The van der Waals surface area contributed by atoms with Gasteiger partial charge in [0.15, 0.2) is 0 Å². The number of hydrogen-bond acceptors (Lipinski definition) is 5. The predicted molar refractivity (Wildman–Crippen MR) is 80.3 cm³/mol. The van der Waals surface area contributed by atoms with Gasteiger partial charge in [-0.2, -0.15) is 0 Å². The summed E-state index contributed by atoms with van der Waals surface area (Å²) in [4.78, 5) is 7.83. The van der Waals surface area contributed by atoms with Crippen LogP contribution in [-0.4, -0.2) is 49.3 Å². The topological polar surface area (TPSA) is 34.6 Å². The molecule has 0 aliphatic carbocycles. The van der Waals surface area contributed by atoms with Gasteiger partial charge in [0.05, 0.1) is 18.1 Å². The van der Waals surface area contributed by atoms with E-state index in [0.717, 1.165) is 42.9 Å². The van der Waals surface area contributed by atoms with E-state index >= 15 is 0 Å². The van der Waals surface area contributed by atoms with Crippen LogP contribution in [0.3, 0.4) is 0 Å². The molecule has 1 aliphatic rings. The highest BCUT2D eigenvalue weighted by Gasteiger charge is 2.10. The van der Waals surface area contributed by atoms with Gasteiger partial charge >= 0.3 is 0 Å². The van der Waals surface area contributed by atoms with Crippen molar-refractivity contribution < 1.29 is 9.47 Å². The van der Waals surface area contributed by atoms with Crippen molar-refractivity contribution in [2.45, 2.75) is 0 Å². The van der Waals surface area contributed by atoms with Gasteiger partial charge in [-0.05, 0) is 5.56 Å². The van der Waals surface area contributed by atoms with Crippen molar-refractivity contribution in [1.29, 1.82) is 0 Å². The van der Waals surface area contributed by atoms with Crippen molar-refractivity contribution in [2.75, 3.05) is 39.5 Å². The maximum Gasteiger partial charge on any atom is 0.273 e. The lowest BCUT2D eigenvalue weighted by atomic mass is 10.2. The van der Waals surface area contributed by atoms with Crippen LogP contribution in [0.5, 0.6) is 5.19 Å². The Morgan fingerprint density at radius 1 is 1.20 bits per heavy atom. The van der Waals surface area contributed by atoms with Crippen molar-refractivity contribution >= 4 is 11.3 Å². The summed E-state index contributed by atoms with van der Waals surface area (Å²) in [6, 6.07) is 10.3. The third-order valence-corrected chi connectivity index (χ3v) is 4.24. The standard InChI is InChI=1S/C15H18N2O2S/c1-2-4-13(5-3-1)14-12-16-15(20-14)19-11-8-17-6-9-18-10-7-17/h1-5,12H,6-11H2. The van der Waals surface area contributed by atoms with Crippen molar-refractivity contribution in [3.05, 3.63) is 36.5 Å². The summed E-state index contributed by atoms with van der Waals surface area (Å²) in [6.45, 7) is 5.27. The van der Waals surface area contributed by atoms with Crippen molar-refractivity contribution in [2.24, 2.45) is 0 Å². The number of ether oxygens (including phenoxy) is 2. The second kappa shape index (κ2) is 6.83. The van der Waals surface area contributed by atoms with E-state index in [1.807, 2.05) is 24.4 Å². The molecule has 3 rings (SSSR count). The van der Waals surface area contributed by atoms with Gasteiger partial charge in [0, 0.05) is 25.8 Å². The van der Waals surface area contributed by atoms with Gasteiger partial charge in [-0.1, -0.05) is 41.7 Å². The van der Waals surface area contributed by atoms with Gasteiger partial charge in [0.25, 0.3) is 5.19 Å². The predicted octanol–water partition coefficient (Wildman–Crippen LogP) is 2.52. The molecule has 1 aromatic carbocycles. The molecular weight excluding hydrogens is 272 g/mol. The molecule has 2 heterocycles. The van der Waals surface area contributed by atoms with Gasteiger partial charge in [0.1, 0.15) is 6.61 Å².